The second-order valence-electron chi connectivity index (χ2n) is 3.43. The fraction of sp³-hybridized carbons (Fsp3) is 0.500. The van der Waals surface area contributed by atoms with Crippen LogP contribution in [0.5, 0.6) is 17.2 Å². The van der Waals surface area contributed by atoms with E-state index in [-0.39, 0.29) is 6.61 Å². The molecule has 0 aromatic heterocycles. The molecule has 0 aliphatic carbocycles. The van der Waals surface area contributed by atoms with Crippen LogP contribution in [0.15, 0.2) is 12.1 Å². The minimum Gasteiger partial charge on any atom is -0.497 e. The number of aliphatic hydroxyl groups excluding tert-OH is 1. The van der Waals surface area contributed by atoms with Gasteiger partial charge in [-0.25, -0.2) is 0 Å². The Morgan fingerprint density at radius 2 is 1.89 bits per heavy atom. The molecule has 18 heavy (non-hydrogen) atoms. The maximum Gasteiger partial charge on any atom is 0.184 e. The zero-order valence-corrected chi connectivity index (χ0v) is 10.6. The number of methoxy groups -OCH3 is 2. The van der Waals surface area contributed by atoms with Crippen molar-refractivity contribution in [2.45, 2.75) is 0 Å². The van der Waals surface area contributed by atoms with Crippen LogP contribution in [0.25, 0.3) is 0 Å². The monoisotopic (exact) mass is 257 g/mol. The van der Waals surface area contributed by atoms with Crippen molar-refractivity contribution in [2.75, 3.05) is 46.4 Å². The number of nitrogens with two attached hydrogens (primary N) is 1. The lowest BCUT2D eigenvalue weighted by Crippen LogP contribution is -2.10. The van der Waals surface area contributed by atoms with Gasteiger partial charge in [0.15, 0.2) is 11.5 Å². The van der Waals surface area contributed by atoms with Gasteiger partial charge in [-0.1, -0.05) is 0 Å². The summed E-state index contributed by atoms with van der Waals surface area (Å²) in [7, 11) is 3.08. The van der Waals surface area contributed by atoms with Gasteiger partial charge in [-0.15, -0.1) is 0 Å². The summed E-state index contributed by atoms with van der Waals surface area (Å²) in [5, 5.41) is 8.55. The maximum absolute atomic E-state index is 8.55. The van der Waals surface area contributed by atoms with Crippen LogP contribution in [0.1, 0.15) is 0 Å². The van der Waals surface area contributed by atoms with Crippen LogP contribution in [0.4, 0.5) is 5.69 Å². The largest absolute Gasteiger partial charge is 0.497 e. The molecule has 1 aromatic carbocycles. The molecule has 0 aliphatic heterocycles. The Bertz CT molecular complexity index is 370. The topological polar surface area (TPSA) is 83.2 Å². The Morgan fingerprint density at radius 3 is 2.50 bits per heavy atom. The van der Waals surface area contributed by atoms with E-state index in [0.717, 1.165) is 0 Å². The predicted octanol–water partition coefficient (Wildman–Crippen LogP) is 0.674. The van der Waals surface area contributed by atoms with Crippen molar-refractivity contribution in [3.63, 3.8) is 0 Å². The van der Waals surface area contributed by atoms with Crippen molar-refractivity contribution >= 4 is 5.69 Å². The molecule has 3 N–H and O–H groups in total. The molecule has 6 heteroatoms. The SMILES string of the molecule is COc1cc(N)c(OCCOCCO)c(OC)c1. The molecular formula is C12H19NO5. The minimum atomic E-state index is -0.00596. The minimum absolute atomic E-state index is 0.00596. The quantitative estimate of drug-likeness (QED) is 0.526. The number of aliphatic hydroxyl groups is 1. The molecule has 0 atom stereocenters. The Hall–Kier alpha value is -1.66. The lowest BCUT2D eigenvalue weighted by molar-refractivity contribution is 0.0700. The molecule has 1 rings (SSSR count). The van der Waals surface area contributed by atoms with Crippen molar-refractivity contribution < 1.29 is 24.1 Å². The van der Waals surface area contributed by atoms with Crippen LogP contribution in [-0.2, 0) is 4.74 Å². The molecule has 0 radical (unpaired) electrons. The molecule has 0 spiro atoms. The highest BCUT2D eigenvalue weighted by Gasteiger charge is 2.11. The third kappa shape index (κ3) is 3.97. The van der Waals surface area contributed by atoms with Gasteiger partial charge in [-0.3, -0.25) is 0 Å². The van der Waals surface area contributed by atoms with Gasteiger partial charge in [0.1, 0.15) is 12.4 Å². The number of anilines is 1. The van der Waals surface area contributed by atoms with Crippen molar-refractivity contribution in [1.29, 1.82) is 0 Å². The Balaban J connectivity index is 2.63. The van der Waals surface area contributed by atoms with Gasteiger partial charge in [0, 0.05) is 12.1 Å². The van der Waals surface area contributed by atoms with E-state index < -0.39 is 0 Å². The molecule has 0 saturated carbocycles. The second-order valence-corrected chi connectivity index (χ2v) is 3.43. The van der Waals surface area contributed by atoms with Gasteiger partial charge in [0.05, 0.1) is 39.7 Å². The van der Waals surface area contributed by atoms with Crippen molar-refractivity contribution in [2.24, 2.45) is 0 Å². The summed E-state index contributed by atoms with van der Waals surface area (Å²) >= 11 is 0. The highest BCUT2D eigenvalue weighted by atomic mass is 16.5. The first-order chi connectivity index (χ1) is 8.72. The van der Waals surface area contributed by atoms with Crippen LogP contribution in [0.3, 0.4) is 0 Å². The summed E-state index contributed by atoms with van der Waals surface area (Å²) in [5.74, 6) is 1.58. The number of ether oxygens (including phenoxy) is 4. The number of benzene rings is 1. The van der Waals surface area contributed by atoms with Crippen LogP contribution >= 0.6 is 0 Å². The normalized spacial score (nSPS) is 10.2. The number of hydrogen-bond donors (Lipinski definition) is 2. The van der Waals surface area contributed by atoms with E-state index in [1.807, 2.05) is 0 Å². The zero-order valence-electron chi connectivity index (χ0n) is 10.6. The van der Waals surface area contributed by atoms with E-state index in [0.29, 0.717) is 42.8 Å². The van der Waals surface area contributed by atoms with Crippen molar-refractivity contribution in [3.8, 4) is 17.2 Å². The van der Waals surface area contributed by atoms with E-state index in [4.69, 9.17) is 29.8 Å². The van der Waals surface area contributed by atoms with E-state index in [2.05, 4.69) is 0 Å². The summed E-state index contributed by atoms with van der Waals surface area (Å²) in [6.07, 6.45) is 0. The Kier molecular flexibility index (Phi) is 6.10. The van der Waals surface area contributed by atoms with Gasteiger partial charge >= 0.3 is 0 Å². The summed E-state index contributed by atoms with van der Waals surface area (Å²) in [4.78, 5) is 0. The molecule has 0 aliphatic rings. The highest BCUT2D eigenvalue weighted by molar-refractivity contribution is 5.63. The van der Waals surface area contributed by atoms with Gasteiger partial charge in [-0.05, 0) is 0 Å². The third-order valence-corrected chi connectivity index (χ3v) is 2.22. The van der Waals surface area contributed by atoms with Crippen molar-refractivity contribution in [1.82, 2.24) is 0 Å². The molecule has 6 nitrogen and oxygen atoms in total. The molecule has 0 unspecified atom stereocenters. The average molecular weight is 257 g/mol. The molecule has 0 amide bonds. The molecule has 102 valence electrons. The van der Waals surface area contributed by atoms with Gasteiger partial charge in [0.25, 0.3) is 0 Å². The third-order valence-electron chi connectivity index (χ3n) is 2.22. The van der Waals surface area contributed by atoms with Crippen LogP contribution in [0.2, 0.25) is 0 Å². The number of rotatable bonds is 8. The molecule has 0 saturated heterocycles. The average Bonchev–Trinajstić information content (AvgIpc) is 2.39. The molecule has 1 aromatic rings. The maximum atomic E-state index is 8.55. The predicted molar refractivity (Wildman–Crippen MR) is 67.4 cm³/mol. The summed E-state index contributed by atoms with van der Waals surface area (Å²) in [5.41, 5.74) is 6.29. The van der Waals surface area contributed by atoms with Gasteiger partial charge in [0.2, 0.25) is 0 Å². The standard InChI is InChI=1S/C12H19NO5/c1-15-9-7-10(13)12(11(8-9)16-2)18-6-5-17-4-3-14/h7-8,14H,3-6,13H2,1-2H3. The van der Waals surface area contributed by atoms with E-state index in [1.165, 1.54) is 7.11 Å². The van der Waals surface area contributed by atoms with E-state index >= 15 is 0 Å². The lowest BCUT2D eigenvalue weighted by Gasteiger charge is -2.14. The van der Waals surface area contributed by atoms with Gasteiger partial charge < -0.3 is 29.8 Å². The molecule has 0 bridgehead atoms. The van der Waals surface area contributed by atoms with Crippen LogP contribution in [0, 0.1) is 0 Å². The highest BCUT2D eigenvalue weighted by Crippen LogP contribution is 2.37. The molecule has 0 heterocycles. The first kappa shape index (κ1) is 14.4. The van der Waals surface area contributed by atoms with Crippen LogP contribution in [-0.4, -0.2) is 45.8 Å². The number of nitrogen functional groups attached to an aromatic ring is 1. The first-order valence-electron chi connectivity index (χ1n) is 5.55. The first-order valence-corrected chi connectivity index (χ1v) is 5.55. The molecular weight excluding hydrogens is 238 g/mol. The fourth-order valence-corrected chi connectivity index (χ4v) is 1.39. The molecule has 0 fully saturated rings. The zero-order chi connectivity index (χ0) is 13.4. The van der Waals surface area contributed by atoms with E-state index in [1.54, 1.807) is 19.2 Å². The number of hydrogen-bond acceptors (Lipinski definition) is 6. The Labute approximate surface area is 106 Å². The van der Waals surface area contributed by atoms with Gasteiger partial charge in [-0.2, -0.15) is 0 Å². The van der Waals surface area contributed by atoms with E-state index in [9.17, 15) is 0 Å². The summed E-state index contributed by atoms with van der Waals surface area (Å²) in [6.45, 7) is 0.981. The lowest BCUT2D eigenvalue weighted by atomic mass is 10.2. The second kappa shape index (κ2) is 7.62. The van der Waals surface area contributed by atoms with Crippen molar-refractivity contribution in [3.05, 3.63) is 12.1 Å². The fourth-order valence-electron chi connectivity index (χ4n) is 1.39. The summed E-state index contributed by atoms with van der Waals surface area (Å²) in [6, 6.07) is 3.35. The smallest absolute Gasteiger partial charge is 0.184 e. The summed E-state index contributed by atoms with van der Waals surface area (Å²) < 4.78 is 20.8. The Morgan fingerprint density at radius 1 is 1.11 bits per heavy atom. The van der Waals surface area contributed by atoms with Crippen LogP contribution < -0.4 is 19.9 Å².